The Morgan fingerprint density at radius 3 is 2.50 bits per heavy atom. The van der Waals surface area contributed by atoms with Gasteiger partial charge in [0.1, 0.15) is 23.5 Å². The van der Waals surface area contributed by atoms with Crippen LogP contribution in [-0.2, 0) is 9.53 Å². The quantitative estimate of drug-likeness (QED) is 0.730. The summed E-state index contributed by atoms with van der Waals surface area (Å²) in [7, 11) is 0. The van der Waals surface area contributed by atoms with Gasteiger partial charge < -0.3 is 14.6 Å². The summed E-state index contributed by atoms with van der Waals surface area (Å²) in [5.74, 6) is -0.472. The van der Waals surface area contributed by atoms with E-state index in [0.29, 0.717) is 5.75 Å². The third-order valence-electron chi connectivity index (χ3n) is 3.36. The predicted octanol–water partition coefficient (Wildman–Crippen LogP) is 4.05. The van der Waals surface area contributed by atoms with Crippen LogP contribution in [0.25, 0.3) is 0 Å². The Labute approximate surface area is 157 Å². The van der Waals surface area contributed by atoms with Crippen molar-refractivity contribution in [1.82, 2.24) is 4.90 Å². The highest BCUT2D eigenvalue weighted by atomic mass is 79.9. The van der Waals surface area contributed by atoms with E-state index in [2.05, 4.69) is 31.9 Å². The Hall–Kier alpha value is -1.28. The average Bonchev–Trinajstić information content (AvgIpc) is 2.84. The Morgan fingerprint density at radius 1 is 1.29 bits per heavy atom. The lowest BCUT2D eigenvalue weighted by molar-refractivity contribution is -0.142. The molecule has 1 N–H and O–H groups in total. The predicted molar refractivity (Wildman–Crippen MR) is 95.2 cm³/mol. The number of hydrogen-bond acceptors (Lipinski definition) is 4. The van der Waals surface area contributed by atoms with Crippen molar-refractivity contribution in [3.63, 3.8) is 0 Å². The van der Waals surface area contributed by atoms with Gasteiger partial charge in [0.2, 0.25) is 0 Å². The third-order valence-corrected chi connectivity index (χ3v) is 4.48. The van der Waals surface area contributed by atoms with Crippen molar-refractivity contribution < 1.29 is 24.2 Å². The van der Waals surface area contributed by atoms with E-state index < -0.39 is 29.8 Å². The summed E-state index contributed by atoms with van der Waals surface area (Å²) in [6.45, 7) is 5.38. The maximum Gasteiger partial charge on any atom is 0.411 e. The van der Waals surface area contributed by atoms with Crippen molar-refractivity contribution >= 4 is 43.9 Å². The Kier molecular flexibility index (Phi) is 5.80. The molecule has 2 atom stereocenters. The lowest BCUT2D eigenvalue weighted by Gasteiger charge is -2.26. The van der Waals surface area contributed by atoms with Gasteiger partial charge in [-0.05, 0) is 54.9 Å². The van der Waals surface area contributed by atoms with Gasteiger partial charge in [0.25, 0.3) is 0 Å². The first-order chi connectivity index (χ1) is 11.1. The lowest BCUT2D eigenvalue weighted by Crippen LogP contribution is -2.43. The van der Waals surface area contributed by atoms with Crippen molar-refractivity contribution in [2.45, 2.75) is 44.9 Å². The highest BCUT2D eigenvalue weighted by Gasteiger charge is 2.42. The summed E-state index contributed by atoms with van der Waals surface area (Å²) < 4.78 is 12.8. The molecule has 2 rings (SSSR count). The van der Waals surface area contributed by atoms with Crippen molar-refractivity contribution in [2.75, 3.05) is 6.54 Å². The lowest BCUT2D eigenvalue weighted by atomic mass is 10.2. The fourth-order valence-corrected chi connectivity index (χ4v) is 3.53. The highest BCUT2D eigenvalue weighted by molar-refractivity contribution is 9.11. The van der Waals surface area contributed by atoms with E-state index in [1.54, 1.807) is 26.8 Å². The number of likely N-dealkylation sites (tertiary alicyclic amines) is 1. The summed E-state index contributed by atoms with van der Waals surface area (Å²) in [4.78, 5) is 24.9. The van der Waals surface area contributed by atoms with E-state index >= 15 is 0 Å². The Morgan fingerprint density at radius 2 is 1.96 bits per heavy atom. The van der Waals surface area contributed by atoms with Gasteiger partial charge in [0.05, 0.1) is 11.0 Å². The molecule has 1 aromatic carbocycles. The Bertz CT molecular complexity index is 644. The summed E-state index contributed by atoms with van der Waals surface area (Å²) in [5.41, 5.74) is -0.687. The van der Waals surface area contributed by atoms with Crippen molar-refractivity contribution in [3.05, 3.63) is 27.1 Å². The summed E-state index contributed by atoms with van der Waals surface area (Å²) in [6, 6.07) is 4.49. The SMILES string of the molecule is CC(C)(C)OC(=O)N1CC(Oc2ccc(Br)cc2Br)CC1C(=O)O. The normalized spacial score (nSPS) is 20.8. The van der Waals surface area contributed by atoms with Crippen LogP contribution in [-0.4, -0.2) is 46.4 Å². The molecule has 0 spiro atoms. The minimum Gasteiger partial charge on any atom is -0.487 e. The number of carboxylic acids is 1. The fraction of sp³-hybridized carbons (Fsp3) is 0.500. The minimum atomic E-state index is -1.07. The van der Waals surface area contributed by atoms with Crippen LogP contribution in [0.1, 0.15) is 27.2 Å². The molecular formula is C16H19Br2NO5. The van der Waals surface area contributed by atoms with Crippen LogP contribution in [0.15, 0.2) is 27.1 Å². The first kappa shape index (κ1) is 19.1. The standard InChI is InChI=1S/C16H19Br2NO5/c1-16(2,3)24-15(22)19-8-10(7-12(19)14(20)21)23-13-5-4-9(17)6-11(13)18/h4-6,10,12H,7-8H2,1-3H3,(H,20,21). The monoisotopic (exact) mass is 463 g/mol. The van der Waals surface area contributed by atoms with Crippen molar-refractivity contribution in [3.8, 4) is 5.75 Å². The number of hydrogen-bond donors (Lipinski definition) is 1. The van der Waals surface area contributed by atoms with Crippen LogP contribution < -0.4 is 4.74 Å². The summed E-state index contributed by atoms with van der Waals surface area (Å²) in [5, 5.41) is 9.39. The zero-order chi connectivity index (χ0) is 18.1. The topological polar surface area (TPSA) is 76.1 Å². The van der Waals surface area contributed by atoms with Gasteiger partial charge in [0, 0.05) is 10.9 Å². The van der Waals surface area contributed by atoms with Crippen LogP contribution in [0.5, 0.6) is 5.75 Å². The van der Waals surface area contributed by atoms with Crippen LogP contribution in [0.4, 0.5) is 4.79 Å². The van der Waals surface area contributed by atoms with Gasteiger partial charge in [-0.25, -0.2) is 9.59 Å². The van der Waals surface area contributed by atoms with Gasteiger partial charge in [-0.3, -0.25) is 4.90 Å². The van der Waals surface area contributed by atoms with Gasteiger partial charge in [-0.15, -0.1) is 0 Å². The Balaban J connectivity index is 2.11. The molecule has 0 aliphatic carbocycles. The zero-order valence-electron chi connectivity index (χ0n) is 13.6. The van der Waals surface area contributed by atoms with Gasteiger partial charge in [-0.1, -0.05) is 15.9 Å². The first-order valence-electron chi connectivity index (χ1n) is 7.41. The number of ether oxygens (including phenoxy) is 2. The van der Waals surface area contributed by atoms with Crippen LogP contribution in [0.2, 0.25) is 0 Å². The summed E-state index contributed by atoms with van der Waals surface area (Å²) in [6.07, 6.45) is -0.858. The van der Waals surface area contributed by atoms with E-state index in [1.807, 2.05) is 12.1 Å². The molecule has 1 aliphatic heterocycles. The molecule has 1 amide bonds. The molecule has 0 radical (unpaired) electrons. The molecule has 132 valence electrons. The number of amides is 1. The molecule has 0 saturated carbocycles. The van der Waals surface area contributed by atoms with Gasteiger partial charge in [0.15, 0.2) is 0 Å². The van der Waals surface area contributed by atoms with E-state index in [1.165, 1.54) is 4.90 Å². The van der Waals surface area contributed by atoms with E-state index in [4.69, 9.17) is 9.47 Å². The third kappa shape index (κ3) is 4.86. The molecule has 0 aromatic heterocycles. The number of benzene rings is 1. The number of rotatable bonds is 3. The van der Waals surface area contributed by atoms with E-state index in [9.17, 15) is 14.7 Å². The number of carboxylic acid groups (broad SMARTS) is 1. The second kappa shape index (κ2) is 7.31. The number of nitrogens with zero attached hydrogens (tertiary/aromatic N) is 1. The molecule has 8 heteroatoms. The molecule has 1 heterocycles. The molecule has 1 saturated heterocycles. The van der Waals surface area contributed by atoms with Gasteiger partial charge in [-0.2, -0.15) is 0 Å². The number of aliphatic carboxylic acids is 1. The summed E-state index contributed by atoms with van der Waals surface area (Å²) >= 11 is 6.77. The van der Waals surface area contributed by atoms with Gasteiger partial charge >= 0.3 is 12.1 Å². The number of carbonyl (C=O) groups is 2. The molecule has 1 fully saturated rings. The second-order valence-electron chi connectivity index (χ2n) is 6.54. The maximum absolute atomic E-state index is 12.3. The average molecular weight is 465 g/mol. The number of carbonyl (C=O) groups excluding carboxylic acids is 1. The molecule has 1 aromatic rings. The zero-order valence-corrected chi connectivity index (χ0v) is 16.8. The van der Waals surface area contributed by atoms with Crippen LogP contribution >= 0.6 is 31.9 Å². The minimum absolute atomic E-state index is 0.161. The largest absolute Gasteiger partial charge is 0.487 e. The fourth-order valence-electron chi connectivity index (χ4n) is 2.39. The van der Waals surface area contributed by atoms with E-state index in [0.717, 1.165) is 8.95 Å². The second-order valence-corrected chi connectivity index (χ2v) is 8.31. The van der Waals surface area contributed by atoms with E-state index in [-0.39, 0.29) is 13.0 Å². The smallest absolute Gasteiger partial charge is 0.411 e. The highest BCUT2D eigenvalue weighted by Crippen LogP contribution is 2.32. The molecular weight excluding hydrogens is 446 g/mol. The van der Waals surface area contributed by atoms with Crippen LogP contribution in [0, 0.1) is 0 Å². The van der Waals surface area contributed by atoms with Crippen molar-refractivity contribution in [2.24, 2.45) is 0 Å². The molecule has 2 unspecified atom stereocenters. The molecule has 6 nitrogen and oxygen atoms in total. The van der Waals surface area contributed by atoms with Crippen LogP contribution in [0.3, 0.4) is 0 Å². The molecule has 0 bridgehead atoms. The van der Waals surface area contributed by atoms with Crippen molar-refractivity contribution in [1.29, 1.82) is 0 Å². The molecule has 1 aliphatic rings. The molecule has 24 heavy (non-hydrogen) atoms. The number of halogens is 2. The maximum atomic E-state index is 12.3. The first-order valence-corrected chi connectivity index (χ1v) is 8.99.